The Morgan fingerprint density at radius 3 is 1.46 bits per heavy atom. The van der Waals surface area contributed by atoms with Crippen LogP contribution in [-0.4, -0.2) is 36.7 Å². The van der Waals surface area contributed by atoms with Crippen molar-refractivity contribution in [2.75, 3.05) is 7.05 Å². The van der Waals surface area contributed by atoms with E-state index in [0.29, 0.717) is 40.9 Å². The first-order chi connectivity index (χ1) is 24.4. The van der Waals surface area contributed by atoms with Crippen molar-refractivity contribution >= 4 is 11.9 Å². The zero-order valence-corrected chi connectivity index (χ0v) is 40.5. The number of hydrogen-bond donors (Lipinski definition) is 1. The molecule has 0 radical (unpaired) electrons. The summed E-state index contributed by atoms with van der Waals surface area (Å²) >= 11 is 0. The van der Waals surface area contributed by atoms with Gasteiger partial charge in [0.1, 0.15) is 17.7 Å². The summed E-state index contributed by atoms with van der Waals surface area (Å²) in [5.74, 6) is 3.11. The SMILES string of the molecule is CCCC.CCCC(C)(C(=O)OC1CCC(C(C)(C)C)CC1C(C)(C)C)C(C)(C)C.CNC(C)(CC(C)(C)C)C(=O)OC1C(C(C)C)CCCC1C(C)C. The van der Waals surface area contributed by atoms with Crippen LogP contribution < -0.4 is 5.32 Å². The van der Waals surface area contributed by atoms with Crippen LogP contribution in [-0.2, 0) is 19.1 Å². The van der Waals surface area contributed by atoms with Gasteiger partial charge in [-0.1, -0.05) is 157 Å². The maximum absolute atomic E-state index is 13.3. The van der Waals surface area contributed by atoms with E-state index >= 15 is 0 Å². The molecule has 54 heavy (non-hydrogen) atoms. The molecule has 0 heterocycles. The third-order valence-corrected chi connectivity index (χ3v) is 13.5. The normalized spacial score (nSPS) is 26.4. The first-order valence-corrected chi connectivity index (χ1v) is 22.5. The van der Waals surface area contributed by atoms with Crippen LogP contribution >= 0.6 is 0 Å². The lowest BCUT2D eigenvalue weighted by Crippen LogP contribution is -2.54. The predicted molar refractivity (Wildman–Crippen MR) is 235 cm³/mol. The molecule has 2 saturated carbocycles. The molecule has 5 nitrogen and oxygen atoms in total. The smallest absolute Gasteiger partial charge is 0.326 e. The third kappa shape index (κ3) is 16.0. The van der Waals surface area contributed by atoms with Gasteiger partial charge in [-0.25, -0.2) is 0 Å². The average molecular weight is 764 g/mol. The lowest BCUT2D eigenvalue weighted by molar-refractivity contribution is -0.177. The van der Waals surface area contributed by atoms with Crippen LogP contribution in [0.15, 0.2) is 0 Å². The minimum absolute atomic E-state index is 0.0142. The fourth-order valence-electron chi connectivity index (χ4n) is 8.94. The molecule has 2 fully saturated rings. The largest absolute Gasteiger partial charge is 0.462 e. The van der Waals surface area contributed by atoms with E-state index in [1.54, 1.807) is 0 Å². The van der Waals surface area contributed by atoms with Crippen LogP contribution in [0.2, 0.25) is 0 Å². The Kier molecular flexibility index (Phi) is 21.2. The third-order valence-electron chi connectivity index (χ3n) is 13.5. The maximum Gasteiger partial charge on any atom is 0.326 e. The molecule has 2 rings (SSSR count). The average Bonchev–Trinajstić information content (AvgIpc) is 3.02. The molecular weight excluding hydrogens is 667 g/mol. The van der Waals surface area contributed by atoms with Crippen LogP contribution in [0, 0.1) is 62.6 Å². The Morgan fingerprint density at radius 2 is 1.13 bits per heavy atom. The highest BCUT2D eigenvalue weighted by atomic mass is 16.6. The predicted octanol–water partition coefficient (Wildman–Crippen LogP) is 14.1. The Balaban J connectivity index is 0.000000948. The molecule has 0 amide bonds. The number of rotatable bonds is 11. The highest BCUT2D eigenvalue weighted by Crippen LogP contribution is 2.49. The van der Waals surface area contributed by atoms with E-state index in [0.717, 1.165) is 38.5 Å². The summed E-state index contributed by atoms with van der Waals surface area (Å²) in [5, 5.41) is 3.24. The maximum atomic E-state index is 13.3. The molecule has 2 aliphatic carbocycles. The van der Waals surface area contributed by atoms with Crippen molar-refractivity contribution in [1.29, 1.82) is 0 Å². The Bertz CT molecular complexity index is 1060. The van der Waals surface area contributed by atoms with E-state index in [2.05, 4.69) is 144 Å². The van der Waals surface area contributed by atoms with Crippen LogP contribution in [0.1, 0.15) is 216 Å². The number of unbranched alkanes of at least 4 members (excludes halogenated alkanes) is 1. The van der Waals surface area contributed by atoms with Crippen molar-refractivity contribution < 1.29 is 19.1 Å². The molecule has 322 valence electrons. The van der Waals surface area contributed by atoms with Gasteiger partial charge in [0.25, 0.3) is 0 Å². The highest BCUT2D eigenvalue weighted by Gasteiger charge is 2.49. The van der Waals surface area contributed by atoms with Gasteiger partial charge in [-0.3, -0.25) is 9.59 Å². The molecule has 0 aromatic carbocycles. The summed E-state index contributed by atoms with van der Waals surface area (Å²) in [6.45, 7) is 46.6. The number of nitrogens with one attached hydrogen (secondary N) is 1. The lowest BCUT2D eigenvalue weighted by Gasteiger charge is -2.48. The zero-order valence-electron chi connectivity index (χ0n) is 40.5. The zero-order chi connectivity index (χ0) is 42.7. The van der Waals surface area contributed by atoms with Gasteiger partial charge in [0.05, 0.1) is 5.41 Å². The summed E-state index contributed by atoms with van der Waals surface area (Å²) in [6.07, 6.45) is 12.3. The van der Waals surface area contributed by atoms with E-state index < -0.39 is 11.0 Å². The van der Waals surface area contributed by atoms with Gasteiger partial charge in [-0.15, -0.1) is 0 Å². The molecule has 0 spiro atoms. The molecule has 0 aromatic heterocycles. The van der Waals surface area contributed by atoms with Crippen LogP contribution in [0.25, 0.3) is 0 Å². The van der Waals surface area contributed by atoms with Crippen molar-refractivity contribution in [3.8, 4) is 0 Å². The summed E-state index contributed by atoms with van der Waals surface area (Å²) in [6, 6.07) is 0. The monoisotopic (exact) mass is 764 g/mol. The van der Waals surface area contributed by atoms with Gasteiger partial charge >= 0.3 is 11.9 Å². The number of ether oxygens (including phenoxy) is 2. The molecule has 0 aromatic rings. The van der Waals surface area contributed by atoms with E-state index in [1.807, 2.05) is 14.0 Å². The topological polar surface area (TPSA) is 64.6 Å². The van der Waals surface area contributed by atoms with Crippen LogP contribution in [0.3, 0.4) is 0 Å². The van der Waals surface area contributed by atoms with E-state index in [4.69, 9.17) is 9.47 Å². The van der Waals surface area contributed by atoms with Gasteiger partial charge in [0.2, 0.25) is 0 Å². The number of likely N-dealkylation sites (N-methyl/N-ethyl adjacent to an activating group) is 1. The first-order valence-electron chi connectivity index (χ1n) is 22.5. The van der Waals surface area contributed by atoms with E-state index in [1.165, 1.54) is 32.1 Å². The Hall–Kier alpha value is -1.10. The molecule has 5 heteroatoms. The fourth-order valence-corrected chi connectivity index (χ4v) is 8.94. The van der Waals surface area contributed by atoms with E-state index in [9.17, 15) is 9.59 Å². The molecule has 2 aliphatic rings. The second kappa shape index (κ2) is 21.6. The second-order valence-corrected chi connectivity index (χ2v) is 23.1. The van der Waals surface area contributed by atoms with E-state index in [-0.39, 0.29) is 40.4 Å². The molecule has 0 saturated heterocycles. The van der Waals surface area contributed by atoms with Crippen molar-refractivity contribution in [2.45, 2.75) is 234 Å². The van der Waals surface area contributed by atoms with Gasteiger partial charge < -0.3 is 14.8 Å². The van der Waals surface area contributed by atoms with Crippen molar-refractivity contribution in [2.24, 2.45) is 62.6 Å². The standard InChI is InChI=1S/C24H46O2.C21H41NO2.C4H10/c1-12-15-24(11,23(8,9)10)20(25)26-19-14-13-17(21(2,3)4)16-18(19)22(5,6)7;1-14(2)16-11-10-12-17(15(3)4)18(16)24-19(23)21(8,22-9)13-20(5,6)7;1-3-4-2/h17-19H,12-16H2,1-11H3;14-18,22H,10-13H2,1-9H3;3-4H2,1-2H3. The summed E-state index contributed by atoms with van der Waals surface area (Å²) in [7, 11) is 1.87. The molecular formula is C49H97NO4. The summed E-state index contributed by atoms with van der Waals surface area (Å²) in [4.78, 5) is 26.4. The summed E-state index contributed by atoms with van der Waals surface area (Å²) < 4.78 is 12.5. The molecule has 0 aliphatic heterocycles. The quantitative estimate of drug-likeness (QED) is 0.212. The number of carbonyl (C=O) groups is 2. The molecule has 7 atom stereocenters. The Morgan fingerprint density at radius 1 is 0.648 bits per heavy atom. The van der Waals surface area contributed by atoms with Gasteiger partial charge in [-0.05, 0) is 117 Å². The van der Waals surface area contributed by atoms with Crippen molar-refractivity contribution in [3.05, 3.63) is 0 Å². The molecule has 0 bridgehead atoms. The highest BCUT2D eigenvalue weighted by molar-refractivity contribution is 5.80. The van der Waals surface area contributed by atoms with Gasteiger partial charge in [-0.2, -0.15) is 0 Å². The number of hydrogen-bond acceptors (Lipinski definition) is 5. The molecule has 1 N–H and O–H groups in total. The summed E-state index contributed by atoms with van der Waals surface area (Å²) in [5.41, 5.74) is -0.611. The van der Waals surface area contributed by atoms with Crippen molar-refractivity contribution in [3.63, 3.8) is 0 Å². The van der Waals surface area contributed by atoms with Gasteiger partial charge in [0.15, 0.2) is 0 Å². The lowest BCUT2D eigenvalue weighted by atomic mass is 9.62. The van der Waals surface area contributed by atoms with Crippen LogP contribution in [0.5, 0.6) is 0 Å². The fraction of sp³-hybridized carbons (Fsp3) is 0.959. The van der Waals surface area contributed by atoms with Crippen LogP contribution in [0.4, 0.5) is 0 Å². The first kappa shape index (κ1) is 52.9. The Labute approximate surface area is 338 Å². The minimum Gasteiger partial charge on any atom is -0.462 e. The number of esters is 2. The second-order valence-electron chi connectivity index (χ2n) is 23.1. The minimum atomic E-state index is -0.626. The molecule has 7 unspecified atom stereocenters. The van der Waals surface area contributed by atoms with Crippen molar-refractivity contribution in [1.82, 2.24) is 5.32 Å². The number of carbonyl (C=O) groups excluding carboxylic acids is 2. The van der Waals surface area contributed by atoms with Gasteiger partial charge in [0, 0.05) is 5.92 Å².